The van der Waals surface area contributed by atoms with Crippen molar-refractivity contribution in [1.82, 2.24) is 10.6 Å². The first kappa shape index (κ1) is 23.7. The van der Waals surface area contributed by atoms with E-state index in [-0.39, 0.29) is 40.6 Å². The van der Waals surface area contributed by atoms with Crippen LogP contribution < -0.4 is 10.6 Å². The summed E-state index contributed by atoms with van der Waals surface area (Å²) in [7, 11) is 1.38. The van der Waals surface area contributed by atoms with Crippen molar-refractivity contribution < 1.29 is 19.1 Å². The van der Waals surface area contributed by atoms with Crippen molar-refractivity contribution in [2.24, 2.45) is 34.5 Å². The first-order valence-corrected chi connectivity index (χ1v) is 13.5. The van der Waals surface area contributed by atoms with Gasteiger partial charge in [-0.1, -0.05) is 19.9 Å². The normalized spacial score (nSPS) is 41.0. The summed E-state index contributed by atoms with van der Waals surface area (Å²) in [4.78, 5) is 37.5. The molecule has 0 aromatic carbocycles. The van der Waals surface area contributed by atoms with E-state index in [0.717, 1.165) is 44.3 Å². The predicted octanol–water partition coefficient (Wildman–Crippen LogP) is 3.31. The lowest BCUT2D eigenvalue weighted by atomic mass is 9.48. The number of thioether (sulfide) groups is 1. The highest BCUT2D eigenvalue weighted by Gasteiger charge is 2.61. The van der Waals surface area contributed by atoms with E-state index >= 15 is 0 Å². The van der Waals surface area contributed by atoms with Crippen molar-refractivity contribution >= 4 is 29.5 Å². The minimum Gasteiger partial charge on any atom is -0.467 e. The van der Waals surface area contributed by atoms with Gasteiger partial charge in [0.15, 0.2) is 0 Å². The molecule has 0 spiro atoms. The van der Waals surface area contributed by atoms with Crippen molar-refractivity contribution in [1.29, 1.82) is 0 Å². The van der Waals surface area contributed by atoms with Gasteiger partial charge in [0, 0.05) is 17.4 Å². The molecule has 4 rings (SSSR count). The molecule has 6 nitrogen and oxygen atoms in total. The Hall–Kier alpha value is -1.50. The van der Waals surface area contributed by atoms with Gasteiger partial charge in [-0.3, -0.25) is 9.59 Å². The van der Waals surface area contributed by atoms with Crippen LogP contribution in [0.25, 0.3) is 0 Å². The number of hydrogen-bond donors (Lipinski definition) is 2. The first-order chi connectivity index (χ1) is 15.2. The lowest BCUT2D eigenvalue weighted by Crippen LogP contribution is -2.59. The van der Waals surface area contributed by atoms with E-state index in [1.807, 2.05) is 6.26 Å². The van der Waals surface area contributed by atoms with Crippen molar-refractivity contribution in [2.75, 3.05) is 19.1 Å². The molecule has 0 aromatic heterocycles. The molecule has 32 heavy (non-hydrogen) atoms. The van der Waals surface area contributed by atoms with Crippen LogP contribution in [0, 0.1) is 34.5 Å². The number of fused-ring (bicyclic) bond motifs is 5. The molecule has 4 aliphatic rings. The van der Waals surface area contributed by atoms with E-state index in [1.54, 1.807) is 17.8 Å². The highest BCUT2D eigenvalue weighted by atomic mass is 32.2. The molecule has 3 saturated carbocycles. The van der Waals surface area contributed by atoms with Crippen molar-refractivity contribution in [3.8, 4) is 0 Å². The Morgan fingerprint density at radius 3 is 2.72 bits per heavy atom. The highest BCUT2D eigenvalue weighted by molar-refractivity contribution is 7.98. The molecule has 2 amide bonds. The fraction of sp³-hybridized carbons (Fsp3) is 0.800. The van der Waals surface area contributed by atoms with Gasteiger partial charge in [0.2, 0.25) is 11.8 Å². The molecule has 0 radical (unpaired) electrons. The second-order valence-electron chi connectivity index (χ2n) is 10.8. The highest BCUT2D eigenvalue weighted by Crippen LogP contribution is 2.65. The van der Waals surface area contributed by atoms with Gasteiger partial charge in [-0.25, -0.2) is 4.79 Å². The van der Waals surface area contributed by atoms with E-state index in [9.17, 15) is 14.4 Å². The molecule has 1 heterocycles. The molecular weight excluding hydrogens is 424 g/mol. The molecule has 2 N–H and O–H groups in total. The van der Waals surface area contributed by atoms with Gasteiger partial charge in [0.05, 0.1) is 7.11 Å². The summed E-state index contributed by atoms with van der Waals surface area (Å²) in [5, 5.41) is 6.25. The Balaban J connectivity index is 1.50. The summed E-state index contributed by atoms with van der Waals surface area (Å²) in [6, 6.07) is -0.340. The number of ether oxygens (including phenoxy) is 1. The van der Waals surface area contributed by atoms with Gasteiger partial charge in [0.25, 0.3) is 0 Å². The fourth-order valence-electron chi connectivity index (χ4n) is 7.66. The number of carbonyl (C=O) groups is 3. The summed E-state index contributed by atoms with van der Waals surface area (Å²) in [5.74, 6) is 2.10. The minimum atomic E-state index is -0.565. The summed E-state index contributed by atoms with van der Waals surface area (Å²) in [6.07, 6.45) is 12.7. The number of amides is 2. The Morgan fingerprint density at radius 1 is 1.22 bits per heavy atom. The van der Waals surface area contributed by atoms with Gasteiger partial charge >= 0.3 is 5.97 Å². The zero-order valence-electron chi connectivity index (χ0n) is 19.8. The maximum Gasteiger partial charge on any atom is 0.328 e. The van der Waals surface area contributed by atoms with E-state index in [1.165, 1.54) is 7.11 Å². The third kappa shape index (κ3) is 3.88. The molecule has 0 saturated heterocycles. The number of nitrogens with one attached hydrogen (secondary N) is 2. The SMILES string of the molecule is COC(=O)C(CCSC)NC(=O)[C@H]1CC[C@H]2[C@@H]3CC[C@H]4NC(=O)C=C[C@]4(C)[C@H]3CC[C@]12C. The monoisotopic (exact) mass is 462 g/mol. The molecule has 0 aromatic rings. The number of esters is 1. The van der Waals surface area contributed by atoms with E-state index < -0.39 is 6.04 Å². The molecule has 1 unspecified atom stereocenters. The van der Waals surface area contributed by atoms with Crippen LogP contribution in [-0.4, -0.2) is 49.0 Å². The molecule has 8 atom stereocenters. The number of methoxy groups -OCH3 is 1. The number of hydrogen-bond acceptors (Lipinski definition) is 5. The Morgan fingerprint density at radius 2 is 2.00 bits per heavy atom. The van der Waals surface area contributed by atoms with Gasteiger partial charge in [-0.05, 0) is 86.2 Å². The van der Waals surface area contributed by atoms with Crippen molar-refractivity contribution in [2.45, 2.75) is 70.9 Å². The Labute approximate surface area is 196 Å². The molecule has 1 aliphatic heterocycles. The smallest absolute Gasteiger partial charge is 0.328 e. The topological polar surface area (TPSA) is 84.5 Å². The Kier molecular flexibility index (Phi) is 6.68. The van der Waals surface area contributed by atoms with Gasteiger partial charge in [0.1, 0.15) is 6.04 Å². The maximum atomic E-state index is 13.4. The molecule has 7 heteroatoms. The lowest BCUT2D eigenvalue weighted by Gasteiger charge is -2.58. The van der Waals surface area contributed by atoms with Crippen LogP contribution in [0.3, 0.4) is 0 Å². The quantitative estimate of drug-likeness (QED) is 0.592. The second kappa shape index (κ2) is 9.03. The van der Waals surface area contributed by atoms with Crippen LogP contribution in [0.4, 0.5) is 0 Å². The lowest BCUT2D eigenvalue weighted by molar-refractivity contribution is -0.147. The van der Waals surface area contributed by atoms with E-state index in [4.69, 9.17) is 4.74 Å². The summed E-state index contributed by atoms with van der Waals surface area (Å²) in [6.45, 7) is 4.63. The summed E-state index contributed by atoms with van der Waals surface area (Å²) in [5.41, 5.74) is -0.0252. The fourth-order valence-corrected chi connectivity index (χ4v) is 8.13. The summed E-state index contributed by atoms with van der Waals surface area (Å²) < 4.78 is 4.95. The second-order valence-corrected chi connectivity index (χ2v) is 11.7. The number of rotatable bonds is 6. The van der Waals surface area contributed by atoms with Crippen LogP contribution in [0.1, 0.15) is 58.8 Å². The third-order valence-corrected chi connectivity index (χ3v) is 10.1. The molecular formula is C25H38N2O4S. The van der Waals surface area contributed by atoms with Crippen molar-refractivity contribution in [3.05, 3.63) is 12.2 Å². The first-order valence-electron chi connectivity index (χ1n) is 12.1. The van der Waals surface area contributed by atoms with E-state index in [2.05, 4.69) is 30.6 Å². The van der Waals surface area contributed by atoms with Crippen LogP contribution in [0.2, 0.25) is 0 Å². The standard InChI is InChI=1S/C25H38N2O4S/c1-24-12-9-17-15(5-8-20-25(17,2)13-10-21(28)27-20)16(24)6-7-18(24)22(29)26-19(11-14-32-4)23(30)31-3/h10,13,15-20H,5-9,11-12,14H2,1-4H3,(H,26,29)(H,27,28)/t15-,16-,17-,18+,19?,20+,24-,25+/m0/s1. The van der Waals surface area contributed by atoms with Gasteiger partial charge in [-0.2, -0.15) is 11.8 Å². The van der Waals surface area contributed by atoms with Crippen LogP contribution in [-0.2, 0) is 19.1 Å². The van der Waals surface area contributed by atoms with Gasteiger partial charge in [-0.15, -0.1) is 0 Å². The summed E-state index contributed by atoms with van der Waals surface area (Å²) >= 11 is 1.67. The zero-order chi connectivity index (χ0) is 23.1. The minimum absolute atomic E-state index is 0.00625. The average Bonchev–Trinajstić information content (AvgIpc) is 3.13. The maximum absolute atomic E-state index is 13.4. The van der Waals surface area contributed by atoms with Crippen LogP contribution >= 0.6 is 11.8 Å². The molecule has 0 bridgehead atoms. The van der Waals surface area contributed by atoms with Crippen LogP contribution in [0.15, 0.2) is 12.2 Å². The predicted molar refractivity (Wildman–Crippen MR) is 126 cm³/mol. The van der Waals surface area contributed by atoms with Gasteiger partial charge < -0.3 is 15.4 Å². The number of carbonyl (C=O) groups excluding carboxylic acids is 3. The Bertz CT molecular complexity index is 801. The third-order valence-electron chi connectivity index (χ3n) is 9.42. The molecule has 3 fully saturated rings. The van der Waals surface area contributed by atoms with Crippen molar-refractivity contribution in [3.63, 3.8) is 0 Å². The average molecular weight is 463 g/mol. The van der Waals surface area contributed by atoms with E-state index in [0.29, 0.717) is 24.2 Å². The largest absolute Gasteiger partial charge is 0.467 e. The van der Waals surface area contributed by atoms with Crippen LogP contribution in [0.5, 0.6) is 0 Å². The zero-order valence-corrected chi connectivity index (χ0v) is 20.6. The molecule has 178 valence electrons. The molecule has 3 aliphatic carbocycles.